The van der Waals surface area contributed by atoms with E-state index in [0.29, 0.717) is 16.6 Å². The highest BCUT2D eigenvalue weighted by Gasteiger charge is 2.53. The van der Waals surface area contributed by atoms with Crippen molar-refractivity contribution < 1.29 is 25.3 Å². The van der Waals surface area contributed by atoms with Crippen molar-refractivity contribution in [1.29, 1.82) is 0 Å². The Hall–Kier alpha value is -2.57. The molecule has 6 N–H and O–H groups in total. The smallest absolute Gasteiger partial charge is 0.273 e. The molecule has 11 nitrogen and oxygen atoms in total. The minimum Gasteiger partial charge on any atom is -0.394 e. The quantitative estimate of drug-likeness (QED) is 0.387. The van der Waals surface area contributed by atoms with Crippen molar-refractivity contribution in [2.24, 2.45) is 4.99 Å². The van der Waals surface area contributed by atoms with Gasteiger partial charge >= 0.3 is 0 Å². The number of anilines is 2. The van der Waals surface area contributed by atoms with Crippen LogP contribution in [0, 0.1) is 0 Å². The summed E-state index contributed by atoms with van der Waals surface area (Å²) in [7, 11) is 0. The Bertz CT molecular complexity index is 971. The monoisotopic (exact) mass is 363 g/mol. The van der Waals surface area contributed by atoms with Crippen LogP contribution in [-0.4, -0.2) is 60.8 Å². The van der Waals surface area contributed by atoms with Gasteiger partial charge in [0.2, 0.25) is 0 Å². The van der Waals surface area contributed by atoms with Gasteiger partial charge in [-0.1, -0.05) is 0 Å². The highest BCUT2D eigenvalue weighted by molar-refractivity contribution is 6.10. The van der Waals surface area contributed by atoms with Crippen LogP contribution >= 0.6 is 0 Å². The summed E-state index contributed by atoms with van der Waals surface area (Å²) in [6.45, 7) is 0.916. The molecule has 1 fully saturated rings. The average Bonchev–Trinajstić information content (AvgIpc) is 3.04. The molecule has 0 aromatic carbocycles. The Labute approximate surface area is 146 Å². The van der Waals surface area contributed by atoms with Crippen LogP contribution in [0.3, 0.4) is 0 Å². The maximum Gasteiger partial charge on any atom is 0.273 e. The van der Waals surface area contributed by atoms with Gasteiger partial charge in [0, 0.05) is 17.6 Å². The molecule has 0 unspecified atom stereocenters. The van der Waals surface area contributed by atoms with E-state index in [2.05, 4.69) is 15.3 Å². The molecule has 2 aliphatic heterocycles. The summed E-state index contributed by atoms with van der Waals surface area (Å²) in [6, 6.07) is 1.12. The number of hydrogen-bond donors (Lipinski definition) is 6. The Kier molecular flexibility index (Phi) is 3.71. The highest BCUT2D eigenvalue weighted by atomic mass is 16.6. The maximum absolute atomic E-state index is 11.9. The van der Waals surface area contributed by atoms with E-state index in [1.165, 1.54) is 24.0 Å². The number of aliphatic imine (C=N–C) groups is 1. The van der Waals surface area contributed by atoms with Crippen LogP contribution < -0.4 is 16.4 Å². The molecular weight excluding hydrogens is 346 g/mol. The fourth-order valence-corrected chi connectivity index (χ4v) is 3.40. The third kappa shape index (κ3) is 2.22. The summed E-state index contributed by atoms with van der Waals surface area (Å²) in [5.74, 6) is 0.538. The van der Waals surface area contributed by atoms with E-state index >= 15 is 0 Å². The molecule has 4 atom stereocenters. The third-order valence-electron chi connectivity index (χ3n) is 4.72. The van der Waals surface area contributed by atoms with E-state index in [1.54, 1.807) is 0 Å². The molecule has 11 heteroatoms. The highest BCUT2D eigenvalue weighted by Crippen LogP contribution is 2.45. The van der Waals surface area contributed by atoms with Gasteiger partial charge in [0.05, 0.1) is 24.0 Å². The van der Waals surface area contributed by atoms with Gasteiger partial charge in [-0.15, -0.1) is 0 Å². The molecule has 0 radical (unpaired) electrons. The standard InChI is InChI=1S/C15H17N5O6/c1-15(24)11(23)8(4-21)26-14(15)20-3-6-7(19-25)2-9(22)18-12-10(6)13(20)17-5-16-12/h2-3,5,8,11,14,19,21,23-25H,4H2,1H3,(H,16,17,18,22)/t8-,11-,14-,15+/m1/s1. The van der Waals surface area contributed by atoms with Gasteiger partial charge in [-0.05, 0) is 6.92 Å². The number of rotatable bonds is 3. The lowest BCUT2D eigenvalue weighted by Gasteiger charge is -2.28. The maximum atomic E-state index is 11.9. The molecule has 1 saturated heterocycles. The predicted molar refractivity (Wildman–Crippen MR) is 90.8 cm³/mol. The molecule has 2 aromatic rings. The van der Waals surface area contributed by atoms with Crippen LogP contribution in [0.4, 0.5) is 17.3 Å². The normalized spacial score (nSPS) is 29.8. The minimum atomic E-state index is -1.72. The van der Waals surface area contributed by atoms with Gasteiger partial charge in [-0.25, -0.2) is 4.99 Å². The second kappa shape index (κ2) is 5.72. The molecule has 4 rings (SSSR count). The van der Waals surface area contributed by atoms with Crippen LogP contribution in [-0.2, 0) is 4.74 Å². The first kappa shape index (κ1) is 16.9. The number of ether oxygens (including phenoxy) is 1. The first-order valence-corrected chi connectivity index (χ1v) is 7.84. The zero-order valence-electron chi connectivity index (χ0n) is 13.6. The number of hydrogen-bond acceptors (Lipinski definition) is 10. The van der Waals surface area contributed by atoms with Crippen molar-refractivity contribution in [3.63, 3.8) is 0 Å². The van der Waals surface area contributed by atoms with Crippen LogP contribution in [0.2, 0.25) is 0 Å². The van der Waals surface area contributed by atoms with Crippen LogP contribution in [0.5, 0.6) is 0 Å². The van der Waals surface area contributed by atoms with Crippen molar-refractivity contribution in [3.8, 4) is 0 Å². The SMILES string of the molecule is C[C@]1(O)[C@H](O)[C@@H](CO)O[C@H]1n1cc2c(NO)cc(=O)nc3c2c1N=CN3. The van der Waals surface area contributed by atoms with E-state index in [9.17, 15) is 25.3 Å². The van der Waals surface area contributed by atoms with E-state index in [-0.39, 0.29) is 11.5 Å². The number of nitrogens with zero attached hydrogens (tertiary/aromatic N) is 3. The molecule has 0 bridgehead atoms. The zero-order valence-corrected chi connectivity index (χ0v) is 13.6. The minimum absolute atomic E-state index is 0.0968. The Morgan fingerprint density at radius 3 is 2.92 bits per heavy atom. The van der Waals surface area contributed by atoms with Crippen molar-refractivity contribution in [2.45, 2.75) is 31.0 Å². The molecule has 26 heavy (non-hydrogen) atoms. The molecule has 138 valence electrons. The number of nitrogens with one attached hydrogen (secondary N) is 2. The topological polar surface area (TPSA) is 161 Å². The fourth-order valence-electron chi connectivity index (χ4n) is 3.40. The van der Waals surface area contributed by atoms with Gasteiger partial charge in [-0.2, -0.15) is 4.98 Å². The lowest BCUT2D eigenvalue weighted by atomic mass is 9.96. The van der Waals surface area contributed by atoms with Crippen LogP contribution in [0.15, 0.2) is 22.1 Å². The zero-order chi connectivity index (χ0) is 18.6. The molecule has 0 amide bonds. The van der Waals surface area contributed by atoms with Crippen LogP contribution in [0.1, 0.15) is 13.2 Å². The van der Waals surface area contributed by atoms with E-state index in [4.69, 9.17) is 4.74 Å². The van der Waals surface area contributed by atoms with Crippen molar-refractivity contribution in [1.82, 2.24) is 9.55 Å². The second-order valence-electron chi connectivity index (χ2n) is 6.40. The second-order valence-corrected chi connectivity index (χ2v) is 6.40. The summed E-state index contributed by atoms with van der Waals surface area (Å²) >= 11 is 0. The summed E-state index contributed by atoms with van der Waals surface area (Å²) in [5, 5.41) is 43.3. The van der Waals surface area contributed by atoms with Gasteiger partial charge in [-0.3, -0.25) is 15.5 Å². The van der Waals surface area contributed by atoms with E-state index in [0.717, 1.165) is 6.07 Å². The van der Waals surface area contributed by atoms with Gasteiger partial charge in [0.25, 0.3) is 5.56 Å². The van der Waals surface area contributed by atoms with E-state index in [1.807, 2.05) is 5.48 Å². The van der Waals surface area contributed by atoms with Crippen molar-refractivity contribution in [2.75, 3.05) is 17.4 Å². The predicted octanol–water partition coefficient (Wildman–Crippen LogP) is -0.716. The third-order valence-corrected chi connectivity index (χ3v) is 4.72. The largest absolute Gasteiger partial charge is 0.394 e. The summed E-state index contributed by atoms with van der Waals surface area (Å²) in [5.41, 5.74) is -0.235. The van der Waals surface area contributed by atoms with Gasteiger partial charge in [0.1, 0.15) is 29.4 Å². The number of aliphatic hydroxyl groups excluding tert-OH is 2. The van der Waals surface area contributed by atoms with Crippen LogP contribution in [0.25, 0.3) is 10.8 Å². The van der Waals surface area contributed by atoms with Gasteiger partial charge in [0.15, 0.2) is 6.23 Å². The first-order chi connectivity index (χ1) is 12.4. The summed E-state index contributed by atoms with van der Waals surface area (Å²) in [6.07, 6.45) is -0.516. The first-order valence-electron chi connectivity index (χ1n) is 7.84. The molecule has 0 aliphatic carbocycles. The number of aromatic nitrogens is 2. The molecule has 0 saturated carbocycles. The lowest BCUT2D eigenvalue weighted by molar-refractivity contribution is -0.0955. The molecule has 2 aromatic heterocycles. The molecular formula is C15H17N5O6. The fraction of sp³-hybridized carbons (Fsp3) is 0.400. The van der Waals surface area contributed by atoms with Gasteiger partial charge < -0.3 is 29.9 Å². The molecule has 4 heterocycles. The van der Waals surface area contributed by atoms with Crippen molar-refractivity contribution >= 4 is 34.4 Å². The Morgan fingerprint density at radius 1 is 1.50 bits per heavy atom. The Balaban J connectivity index is 1.99. The van der Waals surface area contributed by atoms with Crippen molar-refractivity contribution in [3.05, 3.63) is 22.6 Å². The lowest BCUT2D eigenvalue weighted by Crippen LogP contribution is -2.44. The summed E-state index contributed by atoms with van der Waals surface area (Å²) in [4.78, 5) is 20.0. The molecule has 0 spiro atoms. The van der Waals surface area contributed by atoms with E-state index < -0.39 is 36.2 Å². The average molecular weight is 363 g/mol. The summed E-state index contributed by atoms with van der Waals surface area (Å²) < 4.78 is 7.10. The Morgan fingerprint density at radius 2 is 2.27 bits per heavy atom. The number of aliphatic hydroxyl groups is 3. The molecule has 2 aliphatic rings.